The van der Waals surface area contributed by atoms with Gasteiger partial charge < -0.3 is 14.2 Å². The largest absolute Gasteiger partial charge is 0.457 e. The fourth-order valence-corrected chi connectivity index (χ4v) is 1.09. The summed E-state index contributed by atoms with van der Waals surface area (Å²) in [5.41, 5.74) is -0.494. The molecule has 0 fully saturated rings. The molecule has 0 aliphatic heterocycles. The first-order valence-electron chi connectivity index (χ1n) is 6.93. The van der Waals surface area contributed by atoms with E-state index in [1.807, 2.05) is 27.7 Å². The zero-order chi connectivity index (χ0) is 15.8. The molecule has 0 unspecified atom stereocenters. The molecule has 0 saturated carbocycles. The van der Waals surface area contributed by atoms with E-state index in [1.165, 1.54) is 0 Å². The summed E-state index contributed by atoms with van der Waals surface area (Å²) in [7, 11) is 0. The molecule has 0 atom stereocenters. The highest BCUT2D eigenvalue weighted by Gasteiger charge is 2.27. The van der Waals surface area contributed by atoms with Crippen LogP contribution in [0, 0.1) is 10.8 Å². The Balaban J connectivity index is 3.73. The van der Waals surface area contributed by atoms with Crippen molar-refractivity contribution in [3.8, 4) is 0 Å². The molecular weight excluding hydrogens is 260 g/mol. The van der Waals surface area contributed by atoms with Crippen molar-refractivity contribution < 1.29 is 23.8 Å². The van der Waals surface area contributed by atoms with Gasteiger partial charge in [0.1, 0.15) is 13.4 Å². The van der Waals surface area contributed by atoms with Gasteiger partial charge in [-0.25, -0.2) is 0 Å². The zero-order valence-corrected chi connectivity index (χ0v) is 13.6. The smallest absolute Gasteiger partial charge is 0.311 e. The quantitative estimate of drug-likeness (QED) is 0.371. The van der Waals surface area contributed by atoms with Gasteiger partial charge in [-0.15, -0.1) is 0 Å². The number of carbonyl (C=O) groups is 2. The lowest BCUT2D eigenvalue weighted by Gasteiger charge is -2.20. The fraction of sp³-hybridized carbons (Fsp3) is 0.867. The maximum Gasteiger partial charge on any atom is 0.311 e. The SMILES string of the molecule is CCC(C)(C)C(=O)OCC(=O)COCOCC(C)(C)C. The number of ketones is 1. The summed E-state index contributed by atoms with van der Waals surface area (Å²) in [6.45, 7) is 11.9. The maximum atomic E-state index is 11.6. The van der Waals surface area contributed by atoms with E-state index in [1.54, 1.807) is 13.8 Å². The summed E-state index contributed by atoms with van der Waals surface area (Å²) in [6, 6.07) is 0. The molecule has 0 amide bonds. The third kappa shape index (κ3) is 9.04. The van der Waals surface area contributed by atoms with Crippen LogP contribution in [0.1, 0.15) is 48.0 Å². The second kappa shape index (κ2) is 8.37. The highest BCUT2D eigenvalue weighted by atomic mass is 16.7. The standard InChI is InChI=1S/C15H28O5/c1-7-15(5,6)13(17)20-9-12(16)8-18-11-19-10-14(2,3)4/h7-11H2,1-6H3. The highest BCUT2D eigenvalue weighted by molar-refractivity contribution is 5.84. The van der Waals surface area contributed by atoms with Gasteiger partial charge in [0.05, 0.1) is 12.0 Å². The van der Waals surface area contributed by atoms with Crippen LogP contribution in [-0.4, -0.2) is 38.4 Å². The maximum absolute atomic E-state index is 11.6. The van der Waals surface area contributed by atoms with Gasteiger partial charge in [0.15, 0.2) is 12.4 Å². The van der Waals surface area contributed by atoms with Crippen LogP contribution >= 0.6 is 0 Å². The Kier molecular flexibility index (Phi) is 7.98. The molecule has 0 spiro atoms. The Morgan fingerprint density at radius 1 is 0.950 bits per heavy atom. The third-order valence-electron chi connectivity index (χ3n) is 2.77. The zero-order valence-electron chi connectivity index (χ0n) is 13.6. The molecule has 5 nitrogen and oxygen atoms in total. The summed E-state index contributed by atoms with van der Waals surface area (Å²) in [5.74, 6) is -0.637. The normalized spacial score (nSPS) is 12.3. The molecule has 5 heteroatoms. The first-order valence-corrected chi connectivity index (χ1v) is 6.93. The van der Waals surface area contributed by atoms with E-state index in [2.05, 4.69) is 0 Å². The van der Waals surface area contributed by atoms with Crippen molar-refractivity contribution in [1.29, 1.82) is 0 Å². The predicted molar refractivity (Wildman–Crippen MR) is 76.3 cm³/mol. The van der Waals surface area contributed by atoms with Crippen LogP contribution in [0.2, 0.25) is 0 Å². The third-order valence-corrected chi connectivity index (χ3v) is 2.77. The van der Waals surface area contributed by atoms with E-state index in [4.69, 9.17) is 14.2 Å². The molecule has 118 valence electrons. The molecule has 0 saturated heterocycles. The van der Waals surface area contributed by atoms with Crippen LogP contribution in [0.15, 0.2) is 0 Å². The number of rotatable bonds is 9. The molecule has 0 radical (unpaired) electrons. The average Bonchev–Trinajstić information content (AvgIpc) is 2.33. The minimum atomic E-state index is -0.559. The van der Waals surface area contributed by atoms with Crippen molar-refractivity contribution >= 4 is 11.8 Å². The van der Waals surface area contributed by atoms with Crippen molar-refractivity contribution in [2.75, 3.05) is 26.6 Å². The van der Waals surface area contributed by atoms with E-state index >= 15 is 0 Å². The highest BCUT2D eigenvalue weighted by Crippen LogP contribution is 2.21. The number of carbonyl (C=O) groups excluding carboxylic acids is 2. The number of ether oxygens (including phenoxy) is 3. The van der Waals surface area contributed by atoms with Gasteiger partial charge in [0, 0.05) is 0 Å². The number of hydrogen-bond acceptors (Lipinski definition) is 5. The molecule has 0 N–H and O–H groups in total. The van der Waals surface area contributed by atoms with Gasteiger partial charge in [-0.1, -0.05) is 27.7 Å². The van der Waals surface area contributed by atoms with E-state index in [0.717, 1.165) is 0 Å². The molecule has 0 aliphatic rings. The monoisotopic (exact) mass is 288 g/mol. The summed E-state index contributed by atoms with van der Waals surface area (Å²) >= 11 is 0. The molecule has 0 bridgehead atoms. The minimum absolute atomic E-state index is 0.0641. The van der Waals surface area contributed by atoms with Gasteiger partial charge in [-0.05, 0) is 25.7 Å². The van der Waals surface area contributed by atoms with E-state index < -0.39 is 5.41 Å². The van der Waals surface area contributed by atoms with Gasteiger partial charge in [0.2, 0.25) is 0 Å². The fourth-order valence-electron chi connectivity index (χ4n) is 1.09. The van der Waals surface area contributed by atoms with Crippen LogP contribution in [-0.2, 0) is 23.8 Å². The molecule has 0 heterocycles. The Bertz CT molecular complexity index is 315. The summed E-state index contributed by atoms with van der Waals surface area (Å²) in [6.07, 6.45) is 0.664. The first kappa shape index (κ1) is 19.1. The lowest BCUT2D eigenvalue weighted by molar-refractivity contribution is -0.158. The van der Waals surface area contributed by atoms with Crippen LogP contribution in [0.4, 0.5) is 0 Å². The Hall–Kier alpha value is -0.940. The van der Waals surface area contributed by atoms with Gasteiger partial charge in [-0.3, -0.25) is 9.59 Å². The second-order valence-electron chi connectivity index (χ2n) is 6.73. The van der Waals surface area contributed by atoms with E-state index in [0.29, 0.717) is 13.0 Å². The topological polar surface area (TPSA) is 61.8 Å². The van der Waals surface area contributed by atoms with Crippen LogP contribution in [0.5, 0.6) is 0 Å². The van der Waals surface area contributed by atoms with Crippen LogP contribution in [0.3, 0.4) is 0 Å². The molecule has 0 rings (SSSR count). The van der Waals surface area contributed by atoms with Gasteiger partial charge in [0.25, 0.3) is 0 Å². The predicted octanol–water partition coefficient (Wildman–Crippen LogP) is 2.57. The van der Waals surface area contributed by atoms with Gasteiger partial charge in [-0.2, -0.15) is 0 Å². The molecule has 0 aromatic rings. The summed E-state index contributed by atoms with van der Waals surface area (Å²) in [5, 5.41) is 0. The summed E-state index contributed by atoms with van der Waals surface area (Å²) < 4.78 is 15.3. The van der Waals surface area contributed by atoms with Crippen molar-refractivity contribution in [3.63, 3.8) is 0 Å². The minimum Gasteiger partial charge on any atom is -0.457 e. The molecule has 0 aliphatic carbocycles. The van der Waals surface area contributed by atoms with Crippen molar-refractivity contribution in [1.82, 2.24) is 0 Å². The van der Waals surface area contributed by atoms with Gasteiger partial charge >= 0.3 is 5.97 Å². The molecule has 0 aromatic heterocycles. The Morgan fingerprint density at radius 2 is 1.55 bits per heavy atom. The molecule has 20 heavy (non-hydrogen) atoms. The van der Waals surface area contributed by atoms with Crippen LogP contribution in [0.25, 0.3) is 0 Å². The average molecular weight is 288 g/mol. The first-order chi connectivity index (χ1) is 9.08. The van der Waals surface area contributed by atoms with Crippen molar-refractivity contribution in [2.24, 2.45) is 10.8 Å². The number of hydrogen-bond donors (Lipinski definition) is 0. The number of esters is 1. The second-order valence-corrected chi connectivity index (χ2v) is 6.73. The van der Waals surface area contributed by atoms with E-state index in [-0.39, 0.29) is 37.2 Å². The lowest BCUT2D eigenvalue weighted by atomic mass is 9.91. The van der Waals surface area contributed by atoms with Crippen molar-refractivity contribution in [2.45, 2.75) is 48.0 Å². The molecular formula is C15H28O5. The molecule has 0 aromatic carbocycles. The van der Waals surface area contributed by atoms with Crippen molar-refractivity contribution in [3.05, 3.63) is 0 Å². The lowest BCUT2D eigenvalue weighted by Crippen LogP contribution is -2.29. The Labute approximate surface area is 122 Å². The summed E-state index contributed by atoms with van der Waals surface area (Å²) in [4.78, 5) is 23.1. The number of Topliss-reactive ketones (excluding diaryl/α,β-unsaturated/α-hetero) is 1. The van der Waals surface area contributed by atoms with E-state index in [9.17, 15) is 9.59 Å². The Morgan fingerprint density at radius 3 is 2.05 bits per heavy atom. The van der Waals surface area contributed by atoms with Crippen LogP contribution < -0.4 is 0 Å².